The van der Waals surface area contributed by atoms with Crippen LogP contribution in [0.25, 0.3) is 0 Å². The van der Waals surface area contributed by atoms with Crippen LogP contribution in [0.15, 0.2) is 18.2 Å². The molecule has 2 atom stereocenters. The summed E-state index contributed by atoms with van der Waals surface area (Å²) in [4.78, 5) is 0. The van der Waals surface area contributed by atoms with Gasteiger partial charge < -0.3 is 16.2 Å². The first-order valence-corrected chi connectivity index (χ1v) is 6.50. The summed E-state index contributed by atoms with van der Waals surface area (Å²) in [5.41, 5.74) is 12.7. The second-order valence-electron chi connectivity index (χ2n) is 4.97. The van der Waals surface area contributed by atoms with Crippen molar-refractivity contribution in [2.45, 2.75) is 45.1 Å². The van der Waals surface area contributed by atoms with Crippen LogP contribution in [0.2, 0.25) is 0 Å². The fourth-order valence-electron chi connectivity index (χ4n) is 2.54. The molecular weight excluding hydrogens is 212 g/mol. The molecule has 0 aromatic heterocycles. The van der Waals surface area contributed by atoms with Gasteiger partial charge in [0.05, 0.1) is 17.5 Å². The van der Waals surface area contributed by atoms with Crippen LogP contribution in [-0.2, 0) is 0 Å². The summed E-state index contributed by atoms with van der Waals surface area (Å²) in [6, 6.07) is 5.54. The highest BCUT2D eigenvalue weighted by Gasteiger charge is 2.22. The second kappa shape index (κ2) is 5.30. The van der Waals surface area contributed by atoms with Gasteiger partial charge in [-0.05, 0) is 37.3 Å². The largest absolute Gasteiger partial charge is 0.490 e. The van der Waals surface area contributed by atoms with Gasteiger partial charge in [0, 0.05) is 6.07 Å². The molecule has 3 heteroatoms. The fraction of sp³-hybridized carbons (Fsp3) is 0.571. The van der Waals surface area contributed by atoms with Gasteiger partial charge in [-0.3, -0.25) is 0 Å². The molecule has 0 bridgehead atoms. The molecule has 1 aromatic carbocycles. The van der Waals surface area contributed by atoms with Crippen LogP contribution in [0.1, 0.15) is 39.0 Å². The molecule has 0 saturated heterocycles. The van der Waals surface area contributed by atoms with Gasteiger partial charge in [0.15, 0.2) is 0 Å². The van der Waals surface area contributed by atoms with Crippen LogP contribution in [-0.4, -0.2) is 6.10 Å². The zero-order valence-electron chi connectivity index (χ0n) is 10.5. The summed E-state index contributed by atoms with van der Waals surface area (Å²) in [5.74, 6) is 1.67. The Bertz CT molecular complexity index is 378. The topological polar surface area (TPSA) is 61.3 Å². The van der Waals surface area contributed by atoms with Gasteiger partial charge in [0.2, 0.25) is 0 Å². The molecule has 1 saturated carbocycles. The lowest BCUT2D eigenvalue weighted by molar-refractivity contribution is 0.122. The molecular formula is C14H22N2O. The van der Waals surface area contributed by atoms with Crippen molar-refractivity contribution in [2.75, 3.05) is 11.5 Å². The third kappa shape index (κ3) is 3.05. The van der Waals surface area contributed by atoms with Crippen LogP contribution in [0.3, 0.4) is 0 Å². The van der Waals surface area contributed by atoms with E-state index in [4.69, 9.17) is 16.2 Å². The Labute approximate surface area is 103 Å². The van der Waals surface area contributed by atoms with Crippen LogP contribution in [0, 0.1) is 5.92 Å². The highest BCUT2D eigenvalue weighted by molar-refractivity contribution is 5.65. The molecule has 17 heavy (non-hydrogen) atoms. The summed E-state index contributed by atoms with van der Waals surface area (Å²) in [7, 11) is 0. The first-order chi connectivity index (χ1) is 8.19. The van der Waals surface area contributed by atoms with Crippen LogP contribution >= 0.6 is 0 Å². The van der Waals surface area contributed by atoms with Crippen molar-refractivity contribution < 1.29 is 4.74 Å². The maximum absolute atomic E-state index is 5.99. The number of anilines is 2. The lowest BCUT2D eigenvalue weighted by atomic mass is 9.85. The van der Waals surface area contributed by atoms with Gasteiger partial charge in [-0.25, -0.2) is 0 Å². The molecule has 0 heterocycles. The fourth-order valence-corrected chi connectivity index (χ4v) is 2.54. The van der Waals surface area contributed by atoms with E-state index < -0.39 is 0 Å². The lowest BCUT2D eigenvalue weighted by Crippen LogP contribution is -2.25. The van der Waals surface area contributed by atoms with Gasteiger partial charge in [0.25, 0.3) is 0 Å². The average Bonchev–Trinajstić information content (AvgIpc) is 2.34. The highest BCUT2D eigenvalue weighted by Crippen LogP contribution is 2.30. The van der Waals surface area contributed by atoms with Crippen molar-refractivity contribution in [1.29, 1.82) is 0 Å². The molecule has 0 spiro atoms. The number of hydrogen-bond acceptors (Lipinski definition) is 3. The predicted octanol–water partition coefficient (Wildman–Crippen LogP) is 3.20. The Balaban J connectivity index is 1.97. The Kier molecular flexibility index (Phi) is 3.77. The SMILES string of the molecule is CCC1CCCC(Oc2ccc(N)c(N)c2)C1. The smallest absolute Gasteiger partial charge is 0.121 e. The maximum atomic E-state index is 5.99. The number of ether oxygens (including phenoxy) is 1. The monoisotopic (exact) mass is 234 g/mol. The molecule has 1 aliphatic carbocycles. The number of benzene rings is 1. The molecule has 3 nitrogen and oxygen atoms in total. The van der Waals surface area contributed by atoms with Crippen LogP contribution < -0.4 is 16.2 Å². The van der Waals surface area contributed by atoms with E-state index in [0.717, 1.165) is 18.1 Å². The van der Waals surface area contributed by atoms with Crippen LogP contribution in [0.4, 0.5) is 11.4 Å². The van der Waals surface area contributed by atoms with E-state index in [2.05, 4.69) is 6.92 Å². The van der Waals surface area contributed by atoms with Crippen molar-refractivity contribution in [2.24, 2.45) is 5.92 Å². The molecule has 1 aromatic rings. The standard InChI is InChI=1S/C14H22N2O/c1-2-10-4-3-5-11(8-10)17-12-6-7-13(15)14(16)9-12/h6-7,9-11H,2-5,8,15-16H2,1H3. The van der Waals surface area contributed by atoms with Gasteiger partial charge in [-0.15, -0.1) is 0 Å². The first-order valence-electron chi connectivity index (χ1n) is 6.50. The molecule has 1 fully saturated rings. The highest BCUT2D eigenvalue weighted by atomic mass is 16.5. The molecule has 0 radical (unpaired) electrons. The van der Waals surface area contributed by atoms with E-state index in [1.807, 2.05) is 18.2 Å². The van der Waals surface area contributed by atoms with Crippen LogP contribution in [0.5, 0.6) is 5.75 Å². The zero-order valence-corrected chi connectivity index (χ0v) is 10.5. The van der Waals surface area contributed by atoms with Crippen molar-refractivity contribution in [3.63, 3.8) is 0 Å². The van der Waals surface area contributed by atoms with Crippen molar-refractivity contribution >= 4 is 11.4 Å². The number of rotatable bonds is 3. The second-order valence-corrected chi connectivity index (χ2v) is 4.97. The van der Waals surface area contributed by atoms with Crippen molar-refractivity contribution in [1.82, 2.24) is 0 Å². The molecule has 94 valence electrons. The molecule has 4 N–H and O–H groups in total. The third-order valence-corrected chi connectivity index (χ3v) is 3.67. The summed E-state index contributed by atoms with van der Waals surface area (Å²) in [6.45, 7) is 2.26. The normalized spacial score (nSPS) is 24.5. The number of nitrogen functional groups attached to an aromatic ring is 2. The predicted molar refractivity (Wildman–Crippen MR) is 71.9 cm³/mol. The van der Waals surface area contributed by atoms with Gasteiger partial charge in [0.1, 0.15) is 5.75 Å². The summed E-state index contributed by atoms with van der Waals surface area (Å²) in [6.07, 6.45) is 6.54. The van der Waals surface area contributed by atoms with E-state index in [-0.39, 0.29) is 0 Å². The molecule has 0 amide bonds. The van der Waals surface area contributed by atoms with Crippen molar-refractivity contribution in [3.8, 4) is 5.75 Å². The minimum Gasteiger partial charge on any atom is -0.490 e. The van der Waals surface area contributed by atoms with Crippen molar-refractivity contribution in [3.05, 3.63) is 18.2 Å². The summed E-state index contributed by atoms with van der Waals surface area (Å²) < 4.78 is 5.99. The third-order valence-electron chi connectivity index (χ3n) is 3.67. The molecule has 2 rings (SSSR count). The first kappa shape index (κ1) is 12.1. The minimum atomic E-state index is 0.344. The number of hydrogen-bond donors (Lipinski definition) is 2. The molecule has 1 aliphatic rings. The Morgan fingerprint density at radius 3 is 2.76 bits per heavy atom. The summed E-state index contributed by atoms with van der Waals surface area (Å²) in [5, 5.41) is 0. The molecule has 2 unspecified atom stereocenters. The average molecular weight is 234 g/mol. The summed E-state index contributed by atoms with van der Waals surface area (Å²) >= 11 is 0. The quantitative estimate of drug-likeness (QED) is 0.789. The van der Waals surface area contributed by atoms with E-state index in [0.29, 0.717) is 17.5 Å². The minimum absolute atomic E-state index is 0.344. The van der Waals surface area contributed by atoms with E-state index in [1.54, 1.807) is 0 Å². The number of nitrogens with two attached hydrogens (primary N) is 2. The Hall–Kier alpha value is -1.38. The van der Waals surface area contributed by atoms with Gasteiger partial charge >= 0.3 is 0 Å². The van der Waals surface area contributed by atoms with Gasteiger partial charge in [-0.1, -0.05) is 19.8 Å². The Morgan fingerprint density at radius 1 is 1.24 bits per heavy atom. The lowest BCUT2D eigenvalue weighted by Gasteiger charge is -2.29. The maximum Gasteiger partial charge on any atom is 0.121 e. The van der Waals surface area contributed by atoms with Gasteiger partial charge in [-0.2, -0.15) is 0 Å². The molecule has 0 aliphatic heterocycles. The van der Waals surface area contributed by atoms with E-state index >= 15 is 0 Å². The Morgan fingerprint density at radius 2 is 2.06 bits per heavy atom. The van der Waals surface area contributed by atoms with E-state index in [9.17, 15) is 0 Å². The van der Waals surface area contributed by atoms with E-state index in [1.165, 1.54) is 25.7 Å². The zero-order chi connectivity index (χ0) is 12.3.